The van der Waals surface area contributed by atoms with Gasteiger partial charge in [0.25, 0.3) is 5.91 Å². The van der Waals surface area contributed by atoms with Crippen LogP contribution in [0.15, 0.2) is 24.3 Å². The number of hydrogen-bond donors (Lipinski definition) is 2. The molecular formula is C13H15FN2O3. The zero-order valence-electron chi connectivity index (χ0n) is 10.3. The van der Waals surface area contributed by atoms with Gasteiger partial charge in [-0.2, -0.15) is 0 Å². The van der Waals surface area contributed by atoms with Gasteiger partial charge in [0.15, 0.2) is 0 Å². The summed E-state index contributed by atoms with van der Waals surface area (Å²) in [5, 5.41) is 11.0. The highest BCUT2D eigenvalue weighted by Gasteiger charge is 2.25. The number of hydrogen-bond acceptors (Lipinski definition) is 2. The number of nitrogens with one attached hydrogen (secondary N) is 1. The Hall–Kier alpha value is -2.11. The predicted molar refractivity (Wildman–Crippen MR) is 66.5 cm³/mol. The standard InChI is InChI=1S/C13H15FN2O3/c14-11-4-2-1-3-10(11)12(17)16-7-5-9(6-8-16)15-13(18)19/h1-4,9,15H,5-8H2,(H,18,19). The Bertz CT molecular complexity index is 485. The van der Waals surface area contributed by atoms with Crippen LogP contribution in [0.25, 0.3) is 0 Å². The molecule has 1 aromatic rings. The van der Waals surface area contributed by atoms with Gasteiger partial charge in [-0.05, 0) is 25.0 Å². The molecule has 6 heteroatoms. The normalized spacial score (nSPS) is 16.2. The van der Waals surface area contributed by atoms with Gasteiger partial charge in [-0.15, -0.1) is 0 Å². The Kier molecular flexibility index (Phi) is 3.99. The van der Waals surface area contributed by atoms with Gasteiger partial charge in [-0.25, -0.2) is 9.18 Å². The summed E-state index contributed by atoms with van der Waals surface area (Å²) in [6.45, 7) is 0.857. The maximum absolute atomic E-state index is 13.5. The van der Waals surface area contributed by atoms with Crippen molar-refractivity contribution < 1.29 is 19.1 Å². The molecule has 1 aliphatic rings. The first kappa shape index (κ1) is 13.3. The summed E-state index contributed by atoms with van der Waals surface area (Å²) in [5.74, 6) is -0.870. The Morgan fingerprint density at radius 3 is 2.47 bits per heavy atom. The minimum atomic E-state index is -1.06. The summed E-state index contributed by atoms with van der Waals surface area (Å²) < 4.78 is 13.5. The molecular weight excluding hydrogens is 251 g/mol. The molecule has 1 fully saturated rings. The van der Waals surface area contributed by atoms with E-state index in [-0.39, 0.29) is 17.5 Å². The topological polar surface area (TPSA) is 69.6 Å². The van der Waals surface area contributed by atoms with E-state index in [1.54, 1.807) is 11.0 Å². The van der Waals surface area contributed by atoms with Gasteiger partial charge < -0.3 is 15.3 Å². The van der Waals surface area contributed by atoms with E-state index in [0.717, 1.165) is 0 Å². The Morgan fingerprint density at radius 2 is 1.89 bits per heavy atom. The van der Waals surface area contributed by atoms with Crippen LogP contribution in [0.2, 0.25) is 0 Å². The van der Waals surface area contributed by atoms with Crippen LogP contribution in [-0.4, -0.2) is 41.1 Å². The lowest BCUT2D eigenvalue weighted by atomic mass is 10.0. The SMILES string of the molecule is O=C(O)NC1CCN(C(=O)c2ccccc2F)CC1. The fourth-order valence-corrected chi connectivity index (χ4v) is 2.21. The molecule has 5 nitrogen and oxygen atoms in total. The molecule has 1 aliphatic heterocycles. The van der Waals surface area contributed by atoms with E-state index in [1.807, 2.05) is 0 Å². The Labute approximate surface area is 110 Å². The molecule has 0 unspecified atom stereocenters. The van der Waals surface area contributed by atoms with E-state index < -0.39 is 11.9 Å². The first-order valence-electron chi connectivity index (χ1n) is 6.11. The van der Waals surface area contributed by atoms with Crippen molar-refractivity contribution in [2.75, 3.05) is 13.1 Å². The van der Waals surface area contributed by atoms with Crippen LogP contribution < -0.4 is 5.32 Å². The molecule has 0 saturated carbocycles. The molecule has 1 aromatic carbocycles. The number of benzene rings is 1. The lowest BCUT2D eigenvalue weighted by Gasteiger charge is -2.31. The van der Waals surface area contributed by atoms with Crippen molar-refractivity contribution >= 4 is 12.0 Å². The lowest BCUT2D eigenvalue weighted by molar-refractivity contribution is 0.0701. The second-order valence-electron chi connectivity index (χ2n) is 4.50. The average molecular weight is 266 g/mol. The van der Waals surface area contributed by atoms with Gasteiger partial charge >= 0.3 is 6.09 Å². The number of rotatable bonds is 2. The van der Waals surface area contributed by atoms with Crippen molar-refractivity contribution in [1.82, 2.24) is 10.2 Å². The summed E-state index contributed by atoms with van der Waals surface area (Å²) in [5.41, 5.74) is 0.0622. The molecule has 1 heterocycles. The van der Waals surface area contributed by atoms with Crippen LogP contribution in [0, 0.1) is 5.82 Å². The van der Waals surface area contributed by atoms with Crippen molar-refractivity contribution in [2.45, 2.75) is 18.9 Å². The third-order valence-electron chi connectivity index (χ3n) is 3.21. The second kappa shape index (κ2) is 5.69. The zero-order chi connectivity index (χ0) is 13.8. The van der Waals surface area contributed by atoms with Crippen LogP contribution in [0.4, 0.5) is 9.18 Å². The summed E-state index contributed by atoms with van der Waals surface area (Å²) in [6.07, 6.45) is 0.0396. The van der Waals surface area contributed by atoms with Crippen molar-refractivity contribution in [3.63, 3.8) is 0 Å². The zero-order valence-corrected chi connectivity index (χ0v) is 10.3. The highest BCUT2D eigenvalue weighted by Crippen LogP contribution is 2.15. The van der Waals surface area contributed by atoms with E-state index in [0.29, 0.717) is 25.9 Å². The predicted octanol–water partition coefficient (Wildman–Crippen LogP) is 1.70. The molecule has 0 spiro atoms. The highest BCUT2D eigenvalue weighted by atomic mass is 19.1. The number of likely N-dealkylation sites (tertiary alicyclic amines) is 1. The molecule has 0 aliphatic carbocycles. The molecule has 0 radical (unpaired) electrons. The number of halogens is 1. The Morgan fingerprint density at radius 1 is 1.26 bits per heavy atom. The number of amides is 2. The summed E-state index contributed by atoms with van der Waals surface area (Å²) in [7, 11) is 0. The molecule has 19 heavy (non-hydrogen) atoms. The van der Waals surface area contributed by atoms with E-state index in [9.17, 15) is 14.0 Å². The average Bonchev–Trinajstić information content (AvgIpc) is 2.39. The van der Waals surface area contributed by atoms with Crippen LogP contribution in [0.1, 0.15) is 23.2 Å². The second-order valence-corrected chi connectivity index (χ2v) is 4.50. The van der Waals surface area contributed by atoms with E-state index in [4.69, 9.17) is 5.11 Å². The third-order valence-corrected chi connectivity index (χ3v) is 3.21. The first-order chi connectivity index (χ1) is 9.08. The quantitative estimate of drug-likeness (QED) is 0.856. The van der Waals surface area contributed by atoms with Gasteiger partial charge in [-0.1, -0.05) is 12.1 Å². The minimum Gasteiger partial charge on any atom is -0.465 e. The first-order valence-corrected chi connectivity index (χ1v) is 6.11. The monoisotopic (exact) mass is 266 g/mol. The van der Waals surface area contributed by atoms with Gasteiger partial charge in [0, 0.05) is 19.1 Å². The lowest BCUT2D eigenvalue weighted by Crippen LogP contribution is -2.46. The largest absolute Gasteiger partial charge is 0.465 e. The van der Waals surface area contributed by atoms with Gasteiger partial charge in [0.1, 0.15) is 5.82 Å². The number of nitrogens with zero attached hydrogens (tertiary/aromatic N) is 1. The number of piperidine rings is 1. The molecule has 2 amide bonds. The van der Waals surface area contributed by atoms with Crippen LogP contribution in [0.5, 0.6) is 0 Å². The van der Waals surface area contributed by atoms with Crippen LogP contribution in [-0.2, 0) is 0 Å². The molecule has 2 N–H and O–H groups in total. The third kappa shape index (κ3) is 3.21. The van der Waals surface area contributed by atoms with Crippen LogP contribution >= 0.6 is 0 Å². The minimum absolute atomic E-state index is 0.0622. The summed E-state index contributed by atoms with van der Waals surface area (Å²) in [4.78, 5) is 24.2. The fraction of sp³-hybridized carbons (Fsp3) is 0.385. The molecule has 102 valence electrons. The van der Waals surface area contributed by atoms with Crippen molar-refractivity contribution in [1.29, 1.82) is 0 Å². The fourth-order valence-electron chi connectivity index (χ4n) is 2.21. The maximum Gasteiger partial charge on any atom is 0.404 e. The molecule has 0 atom stereocenters. The van der Waals surface area contributed by atoms with E-state index in [2.05, 4.69) is 5.32 Å². The summed E-state index contributed by atoms with van der Waals surface area (Å²) in [6, 6.07) is 5.73. The van der Waals surface area contributed by atoms with Crippen molar-refractivity contribution in [3.05, 3.63) is 35.6 Å². The van der Waals surface area contributed by atoms with Crippen molar-refractivity contribution in [3.8, 4) is 0 Å². The van der Waals surface area contributed by atoms with Gasteiger partial charge in [-0.3, -0.25) is 4.79 Å². The smallest absolute Gasteiger partial charge is 0.404 e. The van der Waals surface area contributed by atoms with Crippen LogP contribution in [0.3, 0.4) is 0 Å². The Balaban J connectivity index is 1.96. The highest BCUT2D eigenvalue weighted by molar-refractivity contribution is 5.94. The molecule has 2 rings (SSSR count). The molecule has 0 bridgehead atoms. The summed E-state index contributed by atoms with van der Waals surface area (Å²) >= 11 is 0. The van der Waals surface area contributed by atoms with Gasteiger partial charge in [0.05, 0.1) is 5.56 Å². The maximum atomic E-state index is 13.5. The number of carbonyl (C=O) groups excluding carboxylic acids is 1. The van der Waals surface area contributed by atoms with E-state index in [1.165, 1.54) is 18.2 Å². The van der Waals surface area contributed by atoms with Crippen molar-refractivity contribution in [2.24, 2.45) is 0 Å². The van der Waals surface area contributed by atoms with Gasteiger partial charge in [0.2, 0.25) is 0 Å². The number of carboxylic acid groups (broad SMARTS) is 1. The number of carbonyl (C=O) groups is 2. The molecule has 0 aromatic heterocycles. The molecule has 1 saturated heterocycles. The van der Waals surface area contributed by atoms with E-state index >= 15 is 0 Å².